The number of hydrogen-bond acceptors (Lipinski definition) is 6. The molecule has 1 aliphatic heterocycles. The fraction of sp³-hybridized carbons (Fsp3) is 0.655. The maximum atomic E-state index is 13.1. The summed E-state index contributed by atoms with van der Waals surface area (Å²) in [6, 6.07) is 8.02. The third kappa shape index (κ3) is 8.15. The second-order valence-electron chi connectivity index (χ2n) is 10.9. The Kier molecular flexibility index (Phi) is 10.4. The summed E-state index contributed by atoms with van der Waals surface area (Å²) in [7, 11) is 0. The van der Waals surface area contributed by atoms with Crippen LogP contribution in [0.15, 0.2) is 30.3 Å². The van der Waals surface area contributed by atoms with Crippen molar-refractivity contribution in [3.63, 3.8) is 0 Å². The molecule has 1 atom stereocenters. The number of carbonyl (C=O) groups excluding carboxylic acids is 2. The van der Waals surface area contributed by atoms with Gasteiger partial charge in [0.05, 0.1) is 0 Å². The number of amides is 1. The summed E-state index contributed by atoms with van der Waals surface area (Å²) < 4.78 is 5.95. The van der Waals surface area contributed by atoms with Gasteiger partial charge >= 0.3 is 5.97 Å². The first-order valence-electron chi connectivity index (χ1n) is 14.0. The number of carbonyl (C=O) groups is 2. The zero-order valence-corrected chi connectivity index (χ0v) is 21.5. The molecule has 7 heteroatoms. The first-order chi connectivity index (χ1) is 17.6. The largest absolute Gasteiger partial charge is 0.461 e. The van der Waals surface area contributed by atoms with Crippen LogP contribution in [0.5, 0.6) is 0 Å². The van der Waals surface area contributed by atoms with Gasteiger partial charge in [0.1, 0.15) is 12.1 Å². The number of esters is 1. The lowest BCUT2D eigenvalue weighted by Crippen LogP contribution is -2.48. The van der Waals surface area contributed by atoms with Crippen molar-refractivity contribution in [1.82, 2.24) is 15.7 Å². The van der Waals surface area contributed by atoms with Crippen molar-refractivity contribution in [3.05, 3.63) is 41.5 Å². The number of piperidine rings is 1. The summed E-state index contributed by atoms with van der Waals surface area (Å²) in [6.07, 6.45) is 15.9. The minimum atomic E-state index is -0.535. The quantitative estimate of drug-likeness (QED) is 0.192. The fourth-order valence-electron chi connectivity index (χ4n) is 6.00. The average Bonchev–Trinajstić information content (AvgIpc) is 3.43. The lowest BCUT2D eigenvalue weighted by molar-refractivity contribution is -0.153. The minimum absolute atomic E-state index is 0.00141. The molecule has 0 bridgehead atoms. The van der Waals surface area contributed by atoms with Crippen molar-refractivity contribution in [2.24, 2.45) is 11.8 Å². The maximum Gasteiger partial charge on any atom is 0.323 e. The third-order valence-electron chi connectivity index (χ3n) is 8.22. The van der Waals surface area contributed by atoms with E-state index in [4.69, 9.17) is 9.94 Å². The molecule has 2 aliphatic carbocycles. The third-order valence-corrected chi connectivity index (χ3v) is 8.22. The Labute approximate surface area is 215 Å². The van der Waals surface area contributed by atoms with Crippen LogP contribution in [0.3, 0.4) is 0 Å². The Morgan fingerprint density at radius 1 is 0.972 bits per heavy atom. The van der Waals surface area contributed by atoms with E-state index in [-0.39, 0.29) is 18.1 Å². The van der Waals surface area contributed by atoms with Gasteiger partial charge in [-0.25, -0.2) is 5.48 Å². The molecule has 7 nitrogen and oxygen atoms in total. The van der Waals surface area contributed by atoms with Gasteiger partial charge in [-0.05, 0) is 100 Å². The SMILES string of the molecule is O=C(/C=C/c1ccc(CN2CCC(CN[C@H](C(=O)OC3CCCC3)C3CCCCC3)CC2)cc1)NO. The lowest BCUT2D eigenvalue weighted by atomic mass is 9.83. The zero-order chi connectivity index (χ0) is 25.2. The molecule has 198 valence electrons. The van der Waals surface area contributed by atoms with Crippen LogP contribution in [-0.4, -0.2) is 53.8 Å². The number of rotatable bonds is 10. The van der Waals surface area contributed by atoms with E-state index >= 15 is 0 Å². The molecule has 1 aromatic carbocycles. The molecule has 1 heterocycles. The zero-order valence-electron chi connectivity index (χ0n) is 21.5. The Balaban J connectivity index is 1.22. The molecule has 1 aromatic rings. The molecule has 4 rings (SSSR count). The van der Waals surface area contributed by atoms with Crippen LogP contribution < -0.4 is 10.8 Å². The van der Waals surface area contributed by atoms with Crippen LogP contribution >= 0.6 is 0 Å². The Morgan fingerprint density at radius 3 is 2.31 bits per heavy atom. The van der Waals surface area contributed by atoms with E-state index in [0.717, 1.165) is 70.3 Å². The van der Waals surface area contributed by atoms with Gasteiger partial charge in [0.2, 0.25) is 0 Å². The van der Waals surface area contributed by atoms with Crippen LogP contribution in [0, 0.1) is 11.8 Å². The van der Waals surface area contributed by atoms with E-state index in [1.54, 1.807) is 11.6 Å². The Bertz CT molecular complexity index is 852. The van der Waals surface area contributed by atoms with Gasteiger partial charge in [0.15, 0.2) is 0 Å². The molecule has 2 saturated carbocycles. The van der Waals surface area contributed by atoms with Gasteiger partial charge in [0.25, 0.3) is 5.91 Å². The number of likely N-dealkylation sites (tertiary alicyclic amines) is 1. The molecule has 0 unspecified atom stereocenters. The molecule has 3 N–H and O–H groups in total. The second kappa shape index (κ2) is 13.9. The highest BCUT2D eigenvalue weighted by atomic mass is 16.5. The van der Waals surface area contributed by atoms with Gasteiger partial charge in [0, 0.05) is 12.6 Å². The highest BCUT2D eigenvalue weighted by Crippen LogP contribution is 2.29. The summed E-state index contributed by atoms with van der Waals surface area (Å²) in [5.41, 5.74) is 3.77. The normalized spacial score (nSPS) is 21.6. The van der Waals surface area contributed by atoms with Crippen LogP contribution in [0.2, 0.25) is 0 Å². The Hall–Kier alpha value is -2.22. The molecular weight excluding hydrogens is 454 g/mol. The van der Waals surface area contributed by atoms with Crippen molar-refractivity contribution in [2.45, 2.75) is 89.3 Å². The van der Waals surface area contributed by atoms with Gasteiger partial charge in [-0.2, -0.15) is 0 Å². The first kappa shape index (κ1) is 26.8. The monoisotopic (exact) mass is 497 g/mol. The van der Waals surface area contributed by atoms with Crippen molar-refractivity contribution >= 4 is 18.0 Å². The van der Waals surface area contributed by atoms with Crippen molar-refractivity contribution in [2.75, 3.05) is 19.6 Å². The lowest BCUT2D eigenvalue weighted by Gasteiger charge is -2.35. The summed E-state index contributed by atoms with van der Waals surface area (Å²) in [4.78, 5) is 26.7. The van der Waals surface area contributed by atoms with Gasteiger partial charge in [-0.3, -0.25) is 19.7 Å². The van der Waals surface area contributed by atoms with E-state index in [2.05, 4.69) is 22.3 Å². The summed E-state index contributed by atoms with van der Waals surface area (Å²) >= 11 is 0. The van der Waals surface area contributed by atoms with E-state index < -0.39 is 5.91 Å². The van der Waals surface area contributed by atoms with Crippen LogP contribution in [0.25, 0.3) is 6.08 Å². The molecule has 3 fully saturated rings. The molecule has 36 heavy (non-hydrogen) atoms. The van der Waals surface area contributed by atoms with Crippen LogP contribution in [-0.2, 0) is 20.9 Å². The second-order valence-corrected chi connectivity index (χ2v) is 10.9. The molecule has 3 aliphatic rings. The van der Waals surface area contributed by atoms with Crippen LogP contribution in [0.4, 0.5) is 0 Å². The fourth-order valence-corrected chi connectivity index (χ4v) is 6.00. The number of hydroxylamine groups is 1. The highest BCUT2D eigenvalue weighted by Gasteiger charge is 2.33. The average molecular weight is 498 g/mol. The number of benzene rings is 1. The molecular formula is C29H43N3O4. The molecule has 1 amide bonds. The van der Waals surface area contributed by atoms with Gasteiger partial charge in [-0.1, -0.05) is 43.5 Å². The minimum Gasteiger partial charge on any atom is -0.461 e. The predicted molar refractivity (Wildman–Crippen MR) is 140 cm³/mol. The molecule has 0 spiro atoms. The molecule has 0 aromatic heterocycles. The standard InChI is InChI=1S/C29H43N3O4/c33-27(31-35)15-14-22-10-12-24(13-11-22)21-32-18-16-23(17-19-32)20-30-28(25-6-2-1-3-7-25)29(34)36-26-8-4-5-9-26/h10-15,23,25-26,28,30,35H,1-9,16-21H2,(H,31,33)/b15-14+/t28-/m0/s1. The Morgan fingerprint density at radius 2 is 1.64 bits per heavy atom. The van der Waals surface area contributed by atoms with Crippen molar-refractivity contribution in [1.29, 1.82) is 0 Å². The summed E-state index contributed by atoms with van der Waals surface area (Å²) in [5, 5.41) is 12.3. The summed E-state index contributed by atoms with van der Waals surface area (Å²) in [6.45, 7) is 3.94. The van der Waals surface area contributed by atoms with E-state index in [9.17, 15) is 9.59 Å². The maximum absolute atomic E-state index is 13.1. The predicted octanol–water partition coefficient (Wildman–Crippen LogP) is 4.44. The van der Waals surface area contributed by atoms with Crippen molar-refractivity contribution in [3.8, 4) is 0 Å². The van der Waals surface area contributed by atoms with Crippen molar-refractivity contribution < 1.29 is 19.5 Å². The topological polar surface area (TPSA) is 90.9 Å². The van der Waals surface area contributed by atoms with Gasteiger partial charge in [-0.15, -0.1) is 0 Å². The van der Waals surface area contributed by atoms with E-state index in [1.165, 1.54) is 43.7 Å². The number of hydrogen-bond donors (Lipinski definition) is 3. The molecule has 0 radical (unpaired) electrons. The number of nitrogens with one attached hydrogen (secondary N) is 2. The van der Waals surface area contributed by atoms with Gasteiger partial charge < -0.3 is 10.1 Å². The van der Waals surface area contributed by atoms with E-state index in [1.807, 2.05) is 12.1 Å². The highest BCUT2D eigenvalue weighted by molar-refractivity contribution is 5.90. The summed E-state index contributed by atoms with van der Waals surface area (Å²) in [5.74, 6) is 0.481. The number of ether oxygens (including phenoxy) is 1. The van der Waals surface area contributed by atoms with Crippen LogP contribution in [0.1, 0.15) is 81.8 Å². The first-order valence-corrected chi connectivity index (χ1v) is 14.0. The smallest absolute Gasteiger partial charge is 0.323 e. The van der Waals surface area contributed by atoms with E-state index in [0.29, 0.717) is 11.8 Å². The number of nitrogens with zero attached hydrogens (tertiary/aromatic N) is 1. The molecule has 1 saturated heterocycles.